The number of aromatic nitrogens is 7. The van der Waals surface area contributed by atoms with Gasteiger partial charge in [0.25, 0.3) is 0 Å². The van der Waals surface area contributed by atoms with Gasteiger partial charge in [-0.25, -0.2) is 14.8 Å². The fourth-order valence-corrected chi connectivity index (χ4v) is 3.96. The molecule has 0 atom stereocenters. The first-order chi connectivity index (χ1) is 16.8. The van der Waals surface area contributed by atoms with Crippen molar-refractivity contribution in [2.75, 3.05) is 0 Å². The van der Waals surface area contributed by atoms with Crippen molar-refractivity contribution in [3.63, 3.8) is 0 Å². The van der Waals surface area contributed by atoms with Crippen LogP contribution < -0.4 is 0 Å². The summed E-state index contributed by atoms with van der Waals surface area (Å²) in [6.07, 6.45) is 5.65. The van der Waals surface area contributed by atoms with E-state index in [1.165, 1.54) is 11.1 Å². The van der Waals surface area contributed by atoms with Gasteiger partial charge in [0.15, 0.2) is 11.6 Å². The lowest BCUT2D eigenvalue weighted by Crippen LogP contribution is -2.06. The Morgan fingerprint density at radius 3 is 2.35 bits per heavy atom. The van der Waals surface area contributed by atoms with E-state index in [-0.39, 0.29) is 0 Å². The number of hydrogen-bond donors (Lipinski definition) is 1. The maximum absolute atomic E-state index is 4.83. The zero-order valence-electron chi connectivity index (χ0n) is 19.0. The molecule has 0 unspecified atom stereocenters. The molecule has 0 aliphatic carbocycles. The SMILES string of the molecule is CC=CCc1nc(Cc2ccccc2)nn1Cc1ccc(-c2ccccc2-c2nnn[nH]2)cc1. The molecule has 0 aliphatic rings. The highest BCUT2D eigenvalue weighted by Gasteiger charge is 2.12. The van der Waals surface area contributed by atoms with E-state index in [1.54, 1.807) is 0 Å². The van der Waals surface area contributed by atoms with Crippen LogP contribution in [0.15, 0.2) is 91.0 Å². The Labute approximate surface area is 198 Å². The minimum atomic E-state index is 0.654. The predicted octanol–water partition coefficient (Wildman–Crippen LogP) is 4.88. The fourth-order valence-electron chi connectivity index (χ4n) is 3.96. The van der Waals surface area contributed by atoms with Crippen molar-refractivity contribution in [1.82, 2.24) is 35.4 Å². The van der Waals surface area contributed by atoms with Crippen LogP contribution in [0.5, 0.6) is 0 Å². The lowest BCUT2D eigenvalue weighted by Gasteiger charge is -2.09. The second kappa shape index (κ2) is 10.0. The first-order valence-electron chi connectivity index (χ1n) is 11.3. The van der Waals surface area contributed by atoms with Crippen LogP contribution in [0.3, 0.4) is 0 Å². The zero-order valence-corrected chi connectivity index (χ0v) is 19.0. The van der Waals surface area contributed by atoms with Crippen LogP contribution in [0.2, 0.25) is 0 Å². The normalized spacial score (nSPS) is 11.3. The van der Waals surface area contributed by atoms with Gasteiger partial charge in [0, 0.05) is 18.4 Å². The molecule has 7 nitrogen and oxygen atoms in total. The Bertz CT molecular complexity index is 1370. The summed E-state index contributed by atoms with van der Waals surface area (Å²) < 4.78 is 2.02. The molecule has 2 heterocycles. The maximum Gasteiger partial charge on any atom is 0.180 e. The molecule has 0 fully saturated rings. The van der Waals surface area contributed by atoms with Gasteiger partial charge in [-0.3, -0.25) is 0 Å². The summed E-state index contributed by atoms with van der Waals surface area (Å²) in [7, 11) is 0. The third-order valence-electron chi connectivity index (χ3n) is 5.66. The third-order valence-corrected chi connectivity index (χ3v) is 5.66. The standard InChI is InChI=1S/C27H25N7/c1-2-3-13-26-28-25(18-20-9-5-4-6-10-20)31-34(26)19-21-14-16-22(17-15-21)23-11-7-8-12-24(23)27-29-32-33-30-27/h2-12,14-17H,13,18-19H2,1H3,(H,29,30,32,33). The predicted molar refractivity (Wildman–Crippen MR) is 132 cm³/mol. The van der Waals surface area contributed by atoms with E-state index in [0.29, 0.717) is 12.4 Å². The molecule has 0 saturated carbocycles. The minimum Gasteiger partial charge on any atom is -0.245 e. The van der Waals surface area contributed by atoms with Gasteiger partial charge in [0.1, 0.15) is 5.82 Å². The Morgan fingerprint density at radius 1 is 0.853 bits per heavy atom. The summed E-state index contributed by atoms with van der Waals surface area (Å²) >= 11 is 0. The highest BCUT2D eigenvalue weighted by Crippen LogP contribution is 2.29. The highest BCUT2D eigenvalue weighted by atomic mass is 15.5. The molecular weight excluding hydrogens is 422 g/mol. The van der Waals surface area contributed by atoms with Gasteiger partial charge < -0.3 is 0 Å². The van der Waals surface area contributed by atoms with Crippen LogP contribution in [-0.2, 0) is 19.4 Å². The molecule has 5 rings (SSSR count). The lowest BCUT2D eigenvalue weighted by atomic mass is 9.98. The van der Waals surface area contributed by atoms with Gasteiger partial charge in [-0.15, -0.1) is 5.10 Å². The van der Waals surface area contributed by atoms with Crippen LogP contribution in [0, 0.1) is 0 Å². The van der Waals surface area contributed by atoms with Gasteiger partial charge in [-0.05, 0) is 39.6 Å². The highest BCUT2D eigenvalue weighted by molar-refractivity contribution is 5.80. The summed E-state index contributed by atoms with van der Waals surface area (Å²) in [5.41, 5.74) is 5.53. The first kappa shape index (κ1) is 21.5. The number of rotatable bonds is 8. The van der Waals surface area contributed by atoms with E-state index >= 15 is 0 Å². The molecule has 2 aromatic heterocycles. The van der Waals surface area contributed by atoms with E-state index in [2.05, 4.69) is 69.2 Å². The van der Waals surface area contributed by atoms with Crippen LogP contribution in [0.1, 0.15) is 29.7 Å². The molecule has 3 aromatic carbocycles. The van der Waals surface area contributed by atoms with Gasteiger partial charge in [-0.1, -0.05) is 91.0 Å². The number of aromatic amines is 1. The number of hydrogen-bond acceptors (Lipinski definition) is 5. The van der Waals surface area contributed by atoms with Crippen molar-refractivity contribution >= 4 is 0 Å². The Kier molecular flexibility index (Phi) is 6.34. The summed E-state index contributed by atoms with van der Waals surface area (Å²) in [5.74, 6) is 2.47. The van der Waals surface area contributed by atoms with Crippen molar-refractivity contribution in [2.45, 2.75) is 26.3 Å². The fraction of sp³-hybridized carbons (Fsp3) is 0.148. The van der Waals surface area contributed by atoms with Crippen molar-refractivity contribution in [3.8, 4) is 22.5 Å². The van der Waals surface area contributed by atoms with Crippen LogP contribution in [0.4, 0.5) is 0 Å². The molecule has 0 spiro atoms. The number of nitrogens with one attached hydrogen (secondary N) is 1. The van der Waals surface area contributed by atoms with Crippen molar-refractivity contribution in [3.05, 3.63) is 114 Å². The smallest absolute Gasteiger partial charge is 0.180 e. The van der Waals surface area contributed by atoms with Crippen LogP contribution in [0.25, 0.3) is 22.5 Å². The zero-order chi connectivity index (χ0) is 23.2. The average molecular weight is 448 g/mol. The quantitative estimate of drug-likeness (QED) is 0.343. The van der Waals surface area contributed by atoms with E-state index < -0.39 is 0 Å². The molecule has 1 N–H and O–H groups in total. The molecule has 0 aliphatic heterocycles. The largest absolute Gasteiger partial charge is 0.245 e. The second-order valence-electron chi connectivity index (χ2n) is 8.03. The van der Waals surface area contributed by atoms with Crippen molar-refractivity contribution < 1.29 is 0 Å². The van der Waals surface area contributed by atoms with Crippen molar-refractivity contribution in [2.24, 2.45) is 0 Å². The van der Waals surface area contributed by atoms with Gasteiger partial charge in [0.2, 0.25) is 0 Å². The molecule has 7 heteroatoms. The topological polar surface area (TPSA) is 85.2 Å². The summed E-state index contributed by atoms with van der Waals surface area (Å²) in [6, 6.07) is 27.0. The van der Waals surface area contributed by atoms with E-state index in [0.717, 1.165) is 41.2 Å². The van der Waals surface area contributed by atoms with Gasteiger partial charge >= 0.3 is 0 Å². The van der Waals surface area contributed by atoms with Gasteiger partial charge in [-0.2, -0.15) is 5.10 Å². The molecule has 34 heavy (non-hydrogen) atoms. The van der Waals surface area contributed by atoms with Gasteiger partial charge in [0.05, 0.1) is 6.54 Å². The second-order valence-corrected chi connectivity index (χ2v) is 8.03. The first-order valence-corrected chi connectivity index (χ1v) is 11.3. The average Bonchev–Trinajstić information content (AvgIpc) is 3.54. The van der Waals surface area contributed by atoms with Crippen molar-refractivity contribution in [1.29, 1.82) is 0 Å². The number of allylic oxidation sites excluding steroid dienone is 2. The lowest BCUT2D eigenvalue weighted by molar-refractivity contribution is 0.644. The molecule has 5 aromatic rings. The number of benzene rings is 3. The van der Waals surface area contributed by atoms with E-state index in [9.17, 15) is 0 Å². The van der Waals surface area contributed by atoms with Crippen LogP contribution in [-0.4, -0.2) is 35.4 Å². The molecule has 168 valence electrons. The number of tetrazole rings is 1. The summed E-state index contributed by atoms with van der Waals surface area (Å²) in [5, 5.41) is 19.2. The minimum absolute atomic E-state index is 0.654. The Morgan fingerprint density at radius 2 is 1.62 bits per heavy atom. The number of H-pyrrole nitrogens is 1. The Balaban J connectivity index is 1.39. The molecule has 0 saturated heterocycles. The Hall–Kier alpha value is -4.39. The van der Waals surface area contributed by atoms with E-state index in [1.807, 2.05) is 54.1 Å². The summed E-state index contributed by atoms with van der Waals surface area (Å²) in [6.45, 7) is 2.69. The number of nitrogens with zero attached hydrogens (tertiary/aromatic N) is 6. The van der Waals surface area contributed by atoms with Crippen LogP contribution >= 0.6 is 0 Å². The summed E-state index contributed by atoms with van der Waals surface area (Å²) in [4.78, 5) is 4.82. The monoisotopic (exact) mass is 447 g/mol. The maximum atomic E-state index is 4.83. The third kappa shape index (κ3) is 4.83. The molecule has 0 bridgehead atoms. The molecule has 0 amide bonds. The molecular formula is C27H25N7. The molecule has 0 radical (unpaired) electrons. The van der Waals surface area contributed by atoms with E-state index in [4.69, 9.17) is 10.1 Å².